The fourth-order valence-corrected chi connectivity index (χ4v) is 4.60. The average molecular weight is 501 g/mol. The van der Waals surface area contributed by atoms with Gasteiger partial charge in [0, 0.05) is 12.0 Å². The van der Waals surface area contributed by atoms with E-state index in [9.17, 15) is 14.3 Å². The maximum atomic E-state index is 14.8. The highest BCUT2D eigenvalue weighted by atomic mass is 35.5. The third-order valence-electron chi connectivity index (χ3n) is 6.35. The van der Waals surface area contributed by atoms with Crippen molar-refractivity contribution in [2.24, 2.45) is 11.7 Å². The third kappa shape index (κ3) is 5.13. The largest absolute Gasteiger partial charge is 0.394 e. The van der Waals surface area contributed by atoms with Crippen molar-refractivity contribution in [3.05, 3.63) is 34.7 Å². The molecule has 0 spiro atoms. The van der Waals surface area contributed by atoms with Crippen LogP contribution < -0.4 is 16.4 Å². The van der Waals surface area contributed by atoms with E-state index < -0.39 is 5.82 Å². The number of primary amides is 1. The number of nitrogens with one attached hydrogen (secondary N) is 2. The van der Waals surface area contributed by atoms with Crippen molar-refractivity contribution in [1.82, 2.24) is 19.5 Å². The van der Waals surface area contributed by atoms with Gasteiger partial charge in [-0.1, -0.05) is 18.5 Å². The number of hydrogen-bond acceptors (Lipinski definition) is 8. The average Bonchev–Trinajstić information content (AvgIpc) is 3.21. The summed E-state index contributed by atoms with van der Waals surface area (Å²) in [7, 11) is 0. The SMILES string of the molecule is CCC(CO)Nc1ncc2nc(Nc3c(F)cc(C#N)cc3Cl)n([C@H]3CC[C@@H](C(N)=O)CC3)c2n1. The second-order valence-corrected chi connectivity index (χ2v) is 9.01. The molecule has 0 aliphatic heterocycles. The van der Waals surface area contributed by atoms with Crippen molar-refractivity contribution in [1.29, 1.82) is 5.26 Å². The molecule has 35 heavy (non-hydrogen) atoms. The fourth-order valence-electron chi connectivity index (χ4n) is 4.34. The van der Waals surface area contributed by atoms with Gasteiger partial charge in [-0.2, -0.15) is 10.2 Å². The Hall–Kier alpha value is -3.49. The van der Waals surface area contributed by atoms with Gasteiger partial charge in [-0.05, 0) is 44.2 Å². The number of benzene rings is 1. The lowest BCUT2D eigenvalue weighted by Gasteiger charge is -2.29. The van der Waals surface area contributed by atoms with Gasteiger partial charge in [-0.3, -0.25) is 9.36 Å². The van der Waals surface area contributed by atoms with Crippen LogP contribution in [0.3, 0.4) is 0 Å². The first-order valence-electron chi connectivity index (χ1n) is 11.4. The molecule has 12 heteroatoms. The Morgan fingerprint density at radius 3 is 2.71 bits per heavy atom. The number of nitriles is 1. The molecular weight excluding hydrogens is 475 g/mol. The quantitative estimate of drug-likeness (QED) is 0.365. The van der Waals surface area contributed by atoms with Crippen LogP contribution in [0.5, 0.6) is 0 Å². The van der Waals surface area contributed by atoms with Gasteiger partial charge in [0.15, 0.2) is 5.65 Å². The molecule has 184 valence electrons. The number of fused-ring (bicyclic) bond motifs is 1. The molecule has 1 aliphatic rings. The number of halogens is 2. The van der Waals surface area contributed by atoms with Crippen molar-refractivity contribution in [3.63, 3.8) is 0 Å². The summed E-state index contributed by atoms with van der Waals surface area (Å²) in [6.45, 7) is 1.86. The smallest absolute Gasteiger partial charge is 0.225 e. The molecule has 1 atom stereocenters. The maximum absolute atomic E-state index is 14.8. The number of nitrogens with zero attached hydrogens (tertiary/aromatic N) is 5. The van der Waals surface area contributed by atoms with Crippen molar-refractivity contribution in [2.45, 2.75) is 51.1 Å². The second-order valence-electron chi connectivity index (χ2n) is 8.60. The molecule has 0 saturated heterocycles. The van der Waals surface area contributed by atoms with Crippen molar-refractivity contribution >= 4 is 46.3 Å². The molecule has 2 aromatic heterocycles. The number of carbonyl (C=O) groups is 1. The van der Waals surface area contributed by atoms with Gasteiger partial charge in [0.05, 0.1) is 41.2 Å². The summed E-state index contributed by atoms with van der Waals surface area (Å²) in [6.07, 6.45) is 4.77. The molecule has 1 fully saturated rings. The minimum absolute atomic E-state index is 0.00863. The predicted octanol–water partition coefficient (Wildman–Crippen LogP) is 3.63. The topological polar surface area (TPSA) is 155 Å². The summed E-state index contributed by atoms with van der Waals surface area (Å²) in [6, 6.07) is 4.06. The molecule has 1 amide bonds. The van der Waals surface area contributed by atoms with Crippen LogP contribution in [0.25, 0.3) is 11.2 Å². The first-order chi connectivity index (χ1) is 16.8. The molecule has 0 bridgehead atoms. The van der Waals surface area contributed by atoms with Gasteiger partial charge in [0.2, 0.25) is 17.8 Å². The lowest BCUT2D eigenvalue weighted by Crippen LogP contribution is -2.29. The molecule has 2 heterocycles. The Labute approximate surface area is 206 Å². The summed E-state index contributed by atoms with van der Waals surface area (Å²) >= 11 is 6.26. The Morgan fingerprint density at radius 2 is 2.11 bits per heavy atom. The number of anilines is 3. The number of aliphatic hydroxyl groups excluding tert-OH is 1. The van der Waals surface area contributed by atoms with E-state index in [-0.39, 0.29) is 46.8 Å². The van der Waals surface area contributed by atoms with E-state index in [1.807, 2.05) is 17.6 Å². The summed E-state index contributed by atoms with van der Waals surface area (Å²) in [5.74, 6) is -0.544. The minimum Gasteiger partial charge on any atom is -0.394 e. The highest BCUT2D eigenvalue weighted by molar-refractivity contribution is 6.33. The van der Waals surface area contributed by atoms with Crippen molar-refractivity contribution in [3.8, 4) is 6.07 Å². The lowest BCUT2D eigenvalue weighted by molar-refractivity contribution is -0.122. The van der Waals surface area contributed by atoms with E-state index in [0.29, 0.717) is 55.2 Å². The minimum atomic E-state index is -0.688. The van der Waals surface area contributed by atoms with Crippen LogP contribution >= 0.6 is 11.6 Å². The summed E-state index contributed by atoms with van der Waals surface area (Å²) in [5.41, 5.74) is 6.60. The molecule has 4 rings (SSSR count). The Morgan fingerprint density at radius 1 is 1.37 bits per heavy atom. The van der Waals surface area contributed by atoms with E-state index in [4.69, 9.17) is 22.6 Å². The Balaban J connectivity index is 1.77. The van der Waals surface area contributed by atoms with Gasteiger partial charge < -0.3 is 21.5 Å². The fraction of sp³-hybridized carbons (Fsp3) is 0.435. The molecule has 10 nitrogen and oxygen atoms in total. The van der Waals surface area contributed by atoms with Crippen LogP contribution in [0.1, 0.15) is 50.6 Å². The summed E-state index contributed by atoms with van der Waals surface area (Å²) in [5, 5.41) is 24.7. The second kappa shape index (κ2) is 10.4. The van der Waals surface area contributed by atoms with E-state index >= 15 is 0 Å². The summed E-state index contributed by atoms with van der Waals surface area (Å²) in [4.78, 5) is 25.2. The van der Waals surface area contributed by atoms with Crippen molar-refractivity contribution < 1.29 is 14.3 Å². The van der Waals surface area contributed by atoms with Gasteiger partial charge >= 0.3 is 0 Å². The van der Waals surface area contributed by atoms with Crippen LogP contribution in [0.2, 0.25) is 5.02 Å². The predicted molar refractivity (Wildman–Crippen MR) is 130 cm³/mol. The number of aliphatic hydroxyl groups is 1. The first-order valence-corrected chi connectivity index (χ1v) is 11.8. The molecule has 1 aromatic carbocycles. The molecule has 0 radical (unpaired) electrons. The van der Waals surface area contributed by atoms with Gasteiger partial charge in [-0.15, -0.1) is 0 Å². The Bertz CT molecular complexity index is 1260. The van der Waals surface area contributed by atoms with E-state index in [2.05, 4.69) is 25.6 Å². The van der Waals surface area contributed by atoms with Crippen molar-refractivity contribution in [2.75, 3.05) is 17.2 Å². The Kier molecular flexibility index (Phi) is 7.33. The third-order valence-corrected chi connectivity index (χ3v) is 6.65. The number of nitrogens with two attached hydrogens (primary N) is 1. The number of amides is 1. The number of hydrogen-bond donors (Lipinski definition) is 4. The monoisotopic (exact) mass is 500 g/mol. The molecular formula is C23H26ClFN8O2. The number of carbonyl (C=O) groups excluding carboxylic acids is 1. The molecule has 1 unspecified atom stereocenters. The number of aromatic nitrogens is 4. The zero-order valence-corrected chi connectivity index (χ0v) is 19.9. The normalized spacial score (nSPS) is 18.7. The van der Waals surface area contributed by atoms with Crippen LogP contribution in [0, 0.1) is 23.1 Å². The zero-order valence-electron chi connectivity index (χ0n) is 19.1. The lowest BCUT2D eigenvalue weighted by atomic mass is 9.85. The van der Waals surface area contributed by atoms with E-state index in [1.54, 1.807) is 6.20 Å². The number of imidazole rings is 1. The van der Waals surface area contributed by atoms with Gasteiger partial charge in [0.25, 0.3) is 0 Å². The van der Waals surface area contributed by atoms with Gasteiger partial charge in [0.1, 0.15) is 11.3 Å². The van der Waals surface area contributed by atoms with Crippen LogP contribution in [0.15, 0.2) is 18.3 Å². The van der Waals surface area contributed by atoms with Crippen LogP contribution in [-0.4, -0.2) is 43.2 Å². The molecule has 1 saturated carbocycles. The van der Waals surface area contributed by atoms with Crippen LogP contribution in [-0.2, 0) is 4.79 Å². The maximum Gasteiger partial charge on any atom is 0.225 e. The molecule has 3 aromatic rings. The first kappa shape index (κ1) is 24.6. The molecule has 5 N–H and O–H groups in total. The van der Waals surface area contributed by atoms with E-state index in [1.165, 1.54) is 6.07 Å². The van der Waals surface area contributed by atoms with Gasteiger partial charge in [-0.25, -0.2) is 14.4 Å². The standard InChI is InChI=1S/C23H26ClFN8O2/c1-2-14(11-34)29-22-28-10-18-21(32-22)33(15-5-3-13(4-6-15)20(27)35)23(30-18)31-19-16(24)7-12(9-26)8-17(19)25/h7-8,10,13-15,34H,2-6,11H2,1H3,(H2,27,35)(H,30,31)(H,28,29,32)/t13-,14?,15+. The highest BCUT2D eigenvalue weighted by Gasteiger charge is 2.29. The highest BCUT2D eigenvalue weighted by Crippen LogP contribution is 2.38. The van der Waals surface area contributed by atoms with E-state index in [0.717, 1.165) is 6.07 Å². The molecule has 1 aliphatic carbocycles. The number of rotatable bonds is 8. The zero-order chi connectivity index (χ0) is 25.1. The summed E-state index contributed by atoms with van der Waals surface area (Å²) < 4.78 is 16.7. The van der Waals surface area contributed by atoms with Crippen LogP contribution in [0.4, 0.5) is 22.0 Å².